The highest BCUT2D eigenvalue weighted by molar-refractivity contribution is 5.97. The molecule has 6 rings (SSSR count). The minimum absolute atomic E-state index is 0.0421. The molecule has 0 aromatic heterocycles. The molecule has 3 fully saturated rings. The van der Waals surface area contributed by atoms with Gasteiger partial charge in [0.15, 0.2) is 0 Å². The van der Waals surface area contributed by atoms with Crippen LogP contribution in [0.2, 0.25) is 0 Å². The first-order valence-electron chi connectivity index (χ1n) is 24.4. The minimum atomic E-state index is -0.924. The second-order valence-electron chi connectivity index (χ2n) is 19.3. The van der Waals surface area contributed by atoms with E-state index in [2.05, 4.69) is 31.9 Å². The number of carbonyl (C=O) groups excluding carboxylic acids is 8. The van der Waals surface area contributed by atoms with E-state index in [0.29, 0.717) is 45.1 Å². The van der Waals surface area contributed by atoms with E-state index < -0.39 is 53.9 Å². The summed E-state index contributed by atoms with van der Waals surface area (Å²) in [6.45, 7) is 6.55. The van der Waals surface area contributed by atoms with Crippen LogP contribution in [-0.4, -0.2) is 160 Å². The van der Waals surface area contributed by atoms with Crippen LogP contribution in [0.15, 0.2) is 48.5 Å². The number of unbranched alkanes of at least 4 members (excludes halogenated alkanes) is 2. The summed E-state index contributed by atoms with van der Waals surface area (Å²) >= 11 is 0. The molecular weight excluding hydrogens is 905 g/mol. The Labute approximate surface area is 409 Å². The Balaban J connectivity index is 0.913. The molecular formula is C50H70N8O12. The highest BCUT2D eigenvalue weighted by Crippen LogP contribution is 2.44. The monoisotopic (exact) mass is 975 g/mol. The van der Waals surface area contributed by atoms with Gasteiger partial charge in [0, 0.05) is 58.8 Å². The summed E-state index contributed by atoms with van der Waals surface area (Å²) in [7, 11) is 2.99. The Morgan fingerprint density at radius 3 is 1.71 bits per heavy atom. The average molecular weight is 975 g/mol. The number of benzene rings is 2. The van der Waals surface area contributed by atoms with E-state index in [1.807, 2.05) is 48.5 Å². The molecule has 3 heterocycles. The fourth-order valence-corrected chi connectivity index (χ4v) is 9.52. The lowest BCUT2D eigenvalue weighted by Gasteiger charge is -2.29. The Bertz CT molecular complexity index is 2160. The number of likely N-dealkylation sites (tertiary alicyclic amines) is 2. The molecule has 0 bridgehead atoms. The van der Waals surface area contributed by atoms with E-state index in [-0.39, 0.29) is 107 Å². The van der Waals surface area contributed by atoms with Crippen molar-refractivity contribution < 1.29 is 57.3 Å². The third kappa shape index (κ3) is 14.4. The number of piperazine rings is 1. The van der Waals surface area contributed by atoms with E-state index in [0.717, 1.165) is 22.3 Å². The number of nitrogens with zero attached hydrogens (tertiary/aromatic N) is 2. The zero-order valence-electron chi connectivity index (χ0n) is 41.0. The molecule has 6 atom stereocenters. The molecule has 3 aliphatic heterocycles. The number of alkyl carbamates (subject to hydrolysis) is 1. The smallest absolute Gasteiger partial charge is 0.410 e. The van der Waals surface area contributed by atoms with Gasteiger partial charge in [-0.05, 0) is 94.4 Å². The van der Waals surface area contributed by atoms with Crippen LogP contribution in [0.4, 0.5) is 9.59 Å². The largest absolute Gasteiger partial charge is 0.448 e. The molecule has 70 heavy (non-hydrogen) atoms. The summed E-state index contributed by atoms with van der Waals surface area (Å²) < 4.78 is 21.4. The molecule has 4 aliphatic rings. The number of methoxy groups -OCH3 is 2. The normalized spacial score (nSPS) is 21.8. The molecule has 0 spiro atoms. The molecule has 1 aliphatic carbocycles. The fraction of sp³-hybridized carbons (Fsp3) is 0.600. The molecule has 20 heteroatoms. The van der Waals surface area contributed by atoms with Crippen LogP contribution in [0.3, 0.4) is 0 Å². The Hall–Kier alpha value is -6.28. The van der Waals surface area contributed by atoms with E-state index in [1.165, 1.54) is 24.0 Å². The third-order valence-electron chi connectivity index (χ3n) is 12.9. The molecule has 20 nitrogen and oxygen atoms in total. The maximum absolute atomic E-state index is 13.8. The van der Waals surface area contributed by atoms with Crippen LogP contribution in [0.5, 0.6) is 0 Å². The van der Waals surface area contributed by atoms with Crippen molar-refractivity contribution in [2.24, 2.45) is 0 Å². The van der Waals surface area contributed by atoms with Crippen molar-refractivity contribution >= 4 is 47.6 Å². The van der Waals surface area contributed by atoms with E-state index in [1.54, 1.807) is 20.8 Å². The summed E-state index contributed by atoms with van der Waals surface area (Å²) in [4.78, 5) is 108. The van der Waals surface area contributed by atoms with Crippen molar-refractivity contribution in [3.05, 3.63) is 59.7 Å². The van der Waals surface area contributed by atoms with Crippen LogP contribution < -0.4 is 31.9 Å². The molecule has 2 aromatic carbocycles. The molecule has 6 N–H and O–H groups in total. The summed E-state index contributed by atoms with van der Waals surface area (Å²) in [5, 5.41) is 17.1. The van der Waals surface area contributed by atoms with Gasteiger partial charge in [-0.2, -0.15) is 0 Å². The van der Waals surface area contributed by atoms with Crippen LogP contribution in [0.1, 0.15) is 102 Å². The predicted molar refractivity (Wildman–Crippen MR) is 256 cm³/mol. The predicted octanol–water partition coefficient (Wildman–Crippen LogP) is 2.62. The third-order valence-corrected chi connectivity index (χ3v) is 12.9. The van der Waals surface area contributed by atoms with Crippen LogP contribution in [0, 0.1) is 0 Å². The maximum Gasteiger partial charge on any atom is 0.410 e. The lowest BCUT2D eigenvalue weighted by atomic mass is 9.98. The minimum Gasteiger partial charge on any atom is -0.448 e. The van der Waals surface area contributed by atoms with Crippen LogP contribution in [-0.2, 0) is 47.7 Å². The summed E-state index contributed by atoms with van der Waals surface area (Å²) in [6.07, 6.45) is 2.10. The zero-order chi connectivity index (χ0) is 50.4. The zero-order valence-corrected chi connectivity index (χ0v) is 41.0. The standard InChI is InChI=1S/C50H70N8O12/c1-50(2,3)70-48(65)54-32-27-41(58(29-32)49(66)69-30-37-35-16-8-6-14-33(35)34-15-7-9-17-36(34)37)47(64)52-23-13-11-19-39-45(62)55-38(44(61)56-39)18-10-12-22-51-46(63)40-26-31(53-42(59)20-24-67-4)28-57(40)43(60)21-25-68-5/h6-9,14-17,31-32,37-41H,10-13,18-30H2,1-5H3,(H,51,63)(H,52,64)(H,53,59)(H,54,65)(H,55,62)(H,56,61)/t31-,32-,38?,39?,40+,41+/m0/s1. The number of fused-ring (bicyclic) bond motifs is 3. The highest BCUT2D eigenvalue weighted by Gasteiger charge is 2.43. The van der Waals surface area contributed by atoms with Crippen molar-refractivity contribution in [3.63, 3.8) is 0 Å². The van der Waals surface area contributed by atoms with Gasteiger partial charge in [-0.15, -0.1) is 0 Å². The molecule has 0 saturated carbocycles. The fourth-order valence-electron chi connectivity index (χ4n) is 9.52. The number of ether oxygens (including phenoxy) is 4. The Morgan fingerprint density at radius 1 is 0.671 bits per heavy atom. The summed E-state index contributed by atoms with van der Waals surface area (Å²) in [5.41, 5.74) is 3.54. The van der Waals surface area contributed by atoms with E-state index in [4.69, 9.17) is 18.9 Å². The number of nitrogens with one attached hydrogen (secondary N) is 6. The highest BCUT2D eigenvalue weighted by atomic mass is 16.6. The molecule has 2 aromatic rings. The Morgan fingerprint density at radius 2 is 1.17 bits per heavy atom. The topological polar surface area (TPSA) is 252 Å². The van der Waals surface area contributed by atoms with Gasteiger partial charge in [-0.3, -0.25) is 33.7 Å². The molecule has 0 radical (unpaired) electrons. The van der Waals surface area contributed by atoms with E-state index >= 15 is 0 Å². The van der Waals surface area contributed by atoms with E-state index in [9.17, 15) is 38.4 Å². The van der Waals surface area contributed by atoms with Crippen LogP contribution in [0.25, 0.3) is 11.1 Å². The number of hydrogen-bond donors (Lipinski definition) is 6. The molecule has 3 saturated heterocycles. The number of amides is 8. The van der Waals surface area contributed by atoms with Gasteiger partial charge < -0.3 is 55.7 Å². The first-order valence-corrected chi connectivity index (χ1v) is 24.4. The lowest BCUT2D eigenvalue weighted by Crippen LogP contribution is -2.61. The van der Waals surface area contributed by atoms with Crippen molar-refractivity contribution in [1.82, 2.24) is 41.7 Å². The van der Waals surface area contributed by atoms with Gasteiger partial charge in [0.1, 0.15) is 36.4 Å². The van der Waals surface area contributed by atoms with Gasteiger partial charge in [0.05, 0.1) is 25.7 Å². The quantitative estimate of drug-likeness (QED) is 0.0933. The maximum atomic E-state index is 13.8. The summed E-state index contributed by atoms with van der Waals surface area (Å²) in [5.74, 6) is -2.00. The second-order valence-corrected chi connectivity index (χ2v) is 19.3. The average Bonchev–Trinajstić information content (AvgIpc) is 4.04. The molecule has 382 valence electrons. The van der Waals surface area contributed by atoms with Gasteiger partial charge >= 0.3 is 12.2 Å². The first kappa shape index (κ1) is 53.1. The Kier molecular flexibility index (Phi) is 19.0. The van der Waals surface area contributed by atoms with Gasteiger partial charge in [-0.25, -0.2) is 9.59 Å². The second kappa shape index (κ2) is 25.0. The van der Waals surface area contributed by atoms with Crippen molar-refractivity contribution in [1.29, 1.82) is 0 Å². The van der Waals surface area contributed by atoms with Crippen molar-refractivity contribution in [2.45, 2.75) is 133 Å². The number of hydrogen-bond acceptors (Lipinski definition) is 12. The number of rotatable bonds is 22. The molecule has 8 amide bonds. The van der Waals surface area contributed by atoms with Gasteiger partial charge in [0.25, 0.3) is 0 Å². The van der Waals surface area contributed by atoms with Crippen molar-refractivity contribution in [3.8, 4) is 11.1 Å². The molecule has 2 unspecified atom stereocenters. The van der Waals surface area contributed by atoms with Gasteiger partial charge in [-0.1, -0.05) is 48.5 Å². The lowest BCUT2D eigenvalue weighted by molar-refractivity contribution is -0.139. The SMILES string of the molecule is COCCC(=O)N[C@H]1C[C@H](C(=O)NCCCCC2NC(=O)C(CCCCNC(=O)[C@H]3C[C@H](NC(=O)OC(C)(C)C)CN3C(=O)OCC3c4ccccc4-c4ccccc43)NC2=O)N(C(=O)CCOC)C1. The van der Waals surface area contributed by atoms with Gasteiger partial charge in [0.2, 0.25) is 35.4 Å². The first-order chi connectivity index (χ1) is 33.6. The van der Waals surface area contributed by atoms with Crippen molar-refractivity contribution in [2.75, 3.05) is 60.2 Å². The summed E-state index contributed by atoms with van der Waals surface area (Å²) in [6, 6.07) is 11.9. The number of carbonyl (C=O) groups is 8. The van der Waals surface area contributed by atoms with Crippen LogP contribution >= 0.6 is 0 Å².